The Labute approximate surface area is 167 Å². The highest BCUT2D eigenvalue weighted by Gasteiger charge is 2.23. The maximum atomic E-state index is 12.5. The average molecular weight is 421 g/mol. The first-order valence-corrected chi connectivity index (χ1v) is 9.79. The van der Waals surface area contributed by atoms with Gasteiger partial charge in [0.1, 0.15) is 0 Å². The quantitative estimate of drug-likeness (QED) is 0.743. The first-order valence-electron chi connectivity index (χ1n) is 7.97. The smallest absolute Gasteiger partial charge is 0.243 e. The lowest BCUT2D eigenvalue weighted by atomic mass is 10.2. The normalized spacial score (nSPS) is 11.0. The Morgan fingerprint density at radius 2 is 1.79 bits per heavy atom. The van der Waals surface area contributed by atoms with Gasteiger partial charge in [-0.2, -0.15) is 9.57 Å². The number of hydrogen-bond acceptors (Lipinski definition) is 5. The molecule has 8 nitrogen and oxygen atoms in total. The van der Waals surface area contributed by atoms with Crippen molar-refractivity contribution in [2.24, 2.45) is 0 Å². The number of likely N-dealkylation sites (N-methyl/N-ethyl adjacent to an activating group) is 1. The third-order valence-electron chi connectivity index (χ3n) is 3.62. The fraction of sp³-hybridized carbons (Fsp3) is 0.167. The Morgan fingerprint density at radius 1 is 1.14 bits per heavy atom. The van der Waals surface area contributed by atoms with Gasteiger partial charge in [-0.05, 0) is 42.5 Å². The van der Waals surface area contributed by atoms with Crippen molar-refractivity contribution in [1.29, 1.82) is 5.26 Å². The number of nitrogens with zero attached hydrogens (tertiary/aromatic N) is 2. The summed E-state index contributed by atoms with van der Waals surface area (Å²) in [6.45, 7) is 0.917. The number of nitriles is 1. The number of carbonyl (C=O) groups excluding carboxylic acids is 2. The van der Waals surface area contributed by atoms with Crippen molar-refractivity contribution in [1.82, 2.24) is 4.31 Å². The molecule has 0 atom stereocenters. The number of nitrogens with one attached hydrogen (secondary N) is 2. The molecule has 2 aromatic rings. The molecule has 146 valence electrons. The zero-order valence-electron chi connectivity index (χ0n) is 15.1. The number of hydrogen-bond donors (Lipinski definition) is 2. The molecule has 0 bridgehead atoms. The summed E-state index contributed by atoms with van der Waals surface area (Å²) in [5.41, 5.74) is 1.08. The summed E-state index contributed by atoms with van der Waals surface area (Å²) in [7, 11) is -2.63. The highest BCUT2D eigenvalue weighted by molar-refractivity contribution is 7.89. The molecule has 0 fully saturated rings. The van der Waals surface area contributed by atoms with E-state index in [1.807, 2.05) is 6.07 Å². The average Bonchev–Trinajstić information content (AvgIpc) is 2.63. The summed E-state index contributed by atoms with van der Waals surface area (Å²) in [5, 5.41) is 14.1. The summed E-state index contributed by atoms with van der Waals surface area (Å²) in [4.78, 5) is 23.3. The zero-order valence-corrected chi connectivity index (χ0v) is 16.6. The van der Waals surface area contributed by atoms with E-state index in [1.54, 1.807) is 6.07 Å². The van der Waals surface area contributed by atoms with E-state index in [9.17, 15) is 18.0 Å². The van der Waals surface area contributed by atoms with Crippen molar-refractivity contribution >= 4 is 44.8 Å². The molecule has 0 spiro atoms. The van der Waals surface area contributed by atoms with Crippen LogP contribution in [-0.2, 0) is 19.6 Å². The SMILES string of the molecule is CC(=O)Nc1ccc(NC(=O)CN(C)S(=O)(=O)c2ccc(C#N)cc2)c(Cl)c1. The van der Waals surface area contributed by atoms with Crippen LogP contribution < -0.4 is 10.6 Å². The van der Waals surface area contributed by atoms with Crippen molar-refractivity contribution in [3.8, 4) is 6.07 Å². The second kappa shape index (κ2) is 8.84. The maximum absolute atomic E-state index is 12.5. The van der Waals surface area contributed by atoms with Crippen molar-refractivity contribution in [3.05, 3.63) is 53.1 Å². The van der Waals surface area contributed by atoms with E-state index in [-0.39, 0.29) is 21.5 Å². The van der Waals surface area contributed by atoms with Crippen LogP contribution in [0.25, 0.3) is 0 Å². The van der Waals surface area contributed by atoms with Crippen LogP contribution in [0.5, 0.6) is 0 Å². The lowest BCUT2D eigenvalue weighted by Gasteiger charge is -2.17. The molecule has 0 saturated heterocycles. The van der Waals surface area contributed by atoms with Gasteiger partial charge in [0, 0.05) is 19.7 Å². The minimum absolute atomic E-state index is 0.0282. The van der Waals surface area contributed by atoms with Crippen LogP contribution in [0.15, 0.2) is 47.4 Å². The van der Waals surface area contributed by atoms with E-state index >= 15 is 0 Å². The van der Waals surface area contributed by atoms with Crippen molar-refractivity contribution in [2.75, 3.05) is 24.2 Å². The lowest BCUT2D eigenvalue weighted by molar-refractivity contribution is -0.116. The molecule has 0 aromatic heterocycles. The third kappa shape index (κ3) is 5.29. The fourth-order valence-electron chi connectivity index (χ4n) is 2.26. The van der Waals surface area contributed by atoms with Crippen molar-refractivity contribution < 1.29 is 18.0 Å². The molecule has 28 heavy (non-hydrogen) atoms. The van der Waals surface area contributed by atoms with Crippen LogP contribution in [0.3, 0.4) is 0 Å². The minimum atomic E-state index is -3.90. The monoisotopic (exact) mass is 420 g/mol. The van der Waals surface area contributed by atoms with Gasteiger partial charge in [0.2, 0.25) is 21.8 Å². The Kier molecular flexibility index (Phi) is 6.75. The topological polar surface area (TPSA) is 119 Å². The summed E-state index contributed by atoms with van der Waals surface area (Å²) >= 11 is 6.08. The number of anilines is 2. The third-order valence-corrected chi connectivity index (χ3v) is 5.75. The van der Waals surface area contributed by atoms with E-state index in [1.165, 1.54) is 50.4 Å². The van der Waals surface area contributed by atoms with Gasteiger partial charge in [-0.3, -0.25) is 9.59 Å². The van der Waals surface area contributed by atoms with Gasteiger partial charge in [0.15, 0.2) is 0 Å². The zero-order chi connectivity index (χ0) is 20.9. The van der Waals surface area contributed by atoms with Gasteiger partial charge >= 0.3 is 0 Å². The number of halogens is 1. The van der Waals surface area contributed by atoms with E-state index in [2.05, 4.69) is 10.6 Å². The van der Waals surface area contributed by atoms with E-state index in [0.717, 1.165) is 4.31 Å². The highest BCUT2D eigenvalue weighted by Crippen LogP contribution is 2.25. The lowest BCUT2D eigenvalue weighted by Crippen LogP contribution is -2.35. The Balaban J connectivity index is 2.07. The minimum Gasteiger partial charge on any atom is -0.326 e. The van der Waals surface area contributed by atoms with Gasteiger partial charge in [0.25, 0.3) is 0 Å². The second-order valence-corrected chi connectivity index (χ2v) is 8.27. The number of carbonyl (C=O) groups is 2. The molecule has 0 aliphatic rings. The van der Waals surface area contributed by atoms with E-state index in [0.29, 0.717) is 11.3 Å². The van der Waals surface area contributed by atoms with Gasteiger partial charge in [-0.1, -0.05) is 11.6 Å². The Bertz CT molecular complexity index is 1050. The van der Waals surface area contributed by atoms with Crippen molar-refractivity contribution in [3.63, 3.8) is 0 Å². The highest BCUT2D eigenvalue weighted by atomic mass is 35.5. The molecular formula is C18H17ClN4O4S. The van der Waals surface area contributed by atoms with Gasteiger partial charge < -0.3 is 10.6 Å². The van der Waals surface area contributed by atoms with E-state index in [4.69, 9.17) is 16.9 Å². The van der Waals surface area contributed by atoms with Gasteiger partial charge in [-0.25, -0.2) is 8.42 Å². The number of benzene rings is 2. The Hall–Kier alpha value is -2.93. The van der Waals surface area contributed by atoms with Gasteiger partial charge in [0.05, 0.1) is 33.8 Å². The molecular weight excluding hydrogens is 404 g/mol. The molecule has 0 unspecified atom stereocenters. The molecule has 2 amide bonds. The first kappa shape index (κ1) is 21.4. The first-order chi connectivity index (χ1) is 13.1. The summed E-state index contributed by atoms with van der Waals surface area (Å²) in [6.07, 6.45) is 0. The molecule has 0 aliphatic carbocycles. The second-order valence-electron chi connectivity index (χ2n) is 5.82. The summed E-state index contributed by atoms with van der Waals surface area (Å²) in [5.74, 6) is -0.851. The van der Waals surface area contributed by atoms with Crippen LogP contribution in [-0.4, -0.2) is 38.1 Å². The van der Waals surface area contributed by atoms with Gasteiger partial charge in [-0.15, -0.1) is 0 Å². The summed E-state index contributed by atoms with van der Waals surface area (Å²) in [6, 6.07) is 11.8. The molecule has 2 rings (SSSR count). The molecule has 0 saturated carbocycles. The predicted molar refractivity (Wildman–Crippen MR) is 105 cm³/mol. The number of rotatable bonds is 6. The van der Waals surface area contributed by atoms with Crippen LogP contribution in [0.4, 0.5) is 11.4 Å². The van der Waals surface area contributed by atoms with Crippen LogP contribution in [0, 0.1) is 11.3 Å². The fourth-order valence-corrected chi connectivity index (χ4v) is 3.61. The van der Waals surface area contributed by atoms with Crippen LogP contribution in [0.1, 0.15) is 12.5 Å². The molecule has 0 heterocycles. The number of amides is 2. The molecule has 10 heteroatoms. The maximum Gasteiger partial charge on any atom is 0.243 e. The standard InChI is InChI=1S/C18H17ClN4O4S/c1-12(24)21-14-5-8-17(16(19)9-14)22-18(25)11-23(2)28(26,27)15-6-3-13(10-20)4-7-15/h3-9H,11H2,1-2H3,(H,21,24)(H,22,25). The van der Waals surface area contributed by atoms with Crippen molar-refractivity contribution in [2.45, 2.75) is 11.8 Å². The van der Waals surface area contributed by atoms with E-state index < -0.39 is 22.5 Å². The van der Waals surface area contributed by atoms with Crippen LogP contribution >= 0.6 is 11.6 Å². The predicted octanol–water partition coefficient (Wildman–Crippen LogP) is 2.43. The summed E-state index contributed by atoms with van der Waals surface area (Å²) < 4.78 is 26.0. The Morgan fingerprint density at radius 3 is 2.32 bits per heavy atom. The largest absolute Gasteiger partial charge is 0.326 e. The molecule has 0 radical (unpaired) electrons. The molecule has 2 aromatic carbocycles. The molecule has 2 N–H and O–H groups in total. The van der Waals surface area contributed by atoms with Crippen LogP contribution in [0.2, 0.25) is 5.02 Å². The molecule has 0 aliphatic heterocycles. The number of sulfonamides is 1.